The van der Waals surface area contributed by atoms with Gasteiger partial charge in [-0.1, -0.05) is 38.1 Å². The number of para-hydroxylation sites is 1. The van der Waals surface area contributed by atoms with Crippen LogP contribution in [0.5, 0.6) is 0 Å². The molecule has 2 fully saturated rings. The maximum atomic E-state index is 13.2. The first-order chi connectivity index (χ1) is 13.8. The van der Waals surface area contributed by atoms with Crippen LogP contribution in [-0.4, -0.2) is 52.3 Å². The monoisotopic (exact) mass is 395 g/mol. The second-order valence-electron chi connectivity index (χ2n) is 8.06. The molecular weight excluding hydrogens is 370 g/mol. The summed E-state index contributed by atoms with van der Waals surface area (Å²) in [5, 5.41) is 13.9. The lowest BCUT2D eigenvalue weighted by Crippen LogP contribution is -2.68. The molecule has 0 saturated carbocycles. The predicted octanol–water partition coefficient (Wildman–Crippen LogP) is 2.04. The molecule has 3 N–H and O–H groups in total. The standard InChI is InChI=1S/C22H25N3O4/c1-5-21(2,3)18-14(13-8-6-7-9-15(13)23-18)12-16-19(27)25-11-10-17(26)22(25,29-4)20(28)24-16/h5-9,12,17,23,26H,1,10-11H2,2-4H3,(H,24,28). The number of nitrogens with one attached hydrogen (secondary N) is 2. The van der Waals surface area contributed by atoms with Crippen molar-refractivity contribution >= 4 is 28.8 Å². The molecule has 0 bridgehead atoms. The summed E-state index contributed by atoms with van der Waals surface area (Å²) in [7, 11) is 1.33. The van der Waals surface area contributed by atoms with Gasteiger partial charge >= 0.3 is 0 Å². The van der Waals surface area contributed by atoms with E-state index < -0.39 is 17.7 Å². The van der Waals surface area contributed by atoms with Crippen LogP contribution in [0.15, 0.2) is 42.6 Å². The van der Waals surface area contributed by atoms with E-state index in [4.69, 9.17) is 4.74 Å². The van der Waals surface area contributed by atoms with Gasteiger partial charge in [-0.3, -0.25) is 14.5 Å². The number of piperazine rings is 1. The first kappa shape index (κ1) is 19.4. The Bertz CT molecular complexity index is 1050. The first-order valence-corrected chi connectivity index (χ1v) is 9.59. The average Bonchev–Trinajstić information content (AvgIpc) is 3.25. The minimum atomic E-state index is -1.67. The summed E-state index contributed by atoms with van der Waals surface area (Å²) in [6.07, 6.45) is 2.75. The molecule has 2 aromatic rings. The van der Waals surface area contributed by atoms with Gasteiger partial charge in [0.1, 0.15) is 11.8 Å². The quantitative estimate of drug-likeness (QED) is 0.545. The number of rotatable bonds is 4. The number of amides is 2. The number of allylic oxidation sites excluding steroid dienone is 1. The molecule has 0 spiro atoms. The third kappa shape index (κ3) is 2.65. The van der Waals surface area contributed by atoms with E-state index in [9.17, 15) is 14.7 Å². The fraction of sp³-hybridized carbons (Fsp3) is 0.364. The van der Waals surface area contributed by atoms with E-state index in [1.807, 2.05) is 44.2 Å². The summed E-state index contributed by atoms with van der Waals surface area (Å²) in [4.78, 5) is 30.8. The molecule has 3 heterocycles. The van der Waals surface area contributed by atoms with Crippen molar-refractivity contribution in [3.05, 3.63) is 53.9 Å². The smallest absolute Gasteiger partial charge is 0.280 e. The van der Waals surface area contributed by atoms with Crippen molar-refractivity contribution in [2.45, 2.75) is 37.5 Å². The highest BCUT2D eigenvalue weighted by Crippen LogP contribution is 2.37. The number of carbonyl (C=O) groups excluding carboxylic acids is 2. The maximum absolute atomic E-state index is 13.2. The first-order valence-electron chi connectivity index (χ1n) is 9.59. The number of methoxy groups -OCH3 is 1. The number of benzene rings is 1. The number of fused-ring (bicyclic) bond motifs is 2. The Morgan fingerprint density at radius 1 is 1.34 bits per heavy atom. The molecule has 2 atom stereocenters. The zero-order valence-electron chi connectivity index (χ0n) is 16.8. The average molecular weight is 395 g/mol. The lowest BCUT2D eigenvalue weighted by atomic mass is 9.86. The molecule has 2 aliphatic heterocycles. The molecular formula is C22H25N3O4. The molecule has 7 heteroatoms. The molecule has 1 aromatic carbocycles. The third-order valence-electron chi connectivity index (χ3n) is 6.03. The Hall–Kier alpha value is -2.90. The SMILES string of the molecule is C=CC(C)(C)c1[nH]c2ccccc2c1C=C1NC(=O)C2(OC)C(O)CCN2C1=O. The number of hydrogen-bond acceptors (Lipinski definition) is 4. The van der Waals surface area contributed by atoms with Crippen LogP contribution >= 0.6 is 0 Å². The summed E-state index contributed by atoms with van der Waals surface area (Å²) in [6, 6.07) is 7.80. The van der Waals surface area contributed by atoms with Crippen LogP contribution in [0.3, 0.4) is 0 Å². The zero-order valence-corrected chi connectivity index (χ0v) is 16.8. The number of aliphatic hydroxyl groups is 1. The van der Waals surface area contributed by atoms with Crippen LogP contribution in [0, 0.1) is 0 Å². The van der Waals surface area contributed by atoms with Gasteiger partial charge in [-0.2, -0.15) is 0 Å². The molecule has 0 radical (unpaired) electrons. The molecule has 29 heavy (non-hydrogen) atoms. The number of H-pyrrole nitrogens is 1. The van der Waals surface area contributed by atoms with E-state index in [1.54, 1.807) is 6.08 Å². The molecule has 1 aromatic heterocycles. The Balaban J connectivity index is 1.87. The van der Waals surface area contributed by atoms with Crippen LogP contribution in [-0.2, 0) is 19.7 Å². The van der Waals surface area contributed by atoms with E-state index in [1.165, 1.54) is 12.0 Å². The van der Waals surface area contributed by atoms with Gasteiger partial charge in [0.25, 0.3) is 17.5 Å². The van der Waals surface area contributed by atoms with Gasteiger partial charge in [0.2, 0.25) is 0 Å². The van der Waals surface area contributed by atoms with E-state index in [0.717, 1.165) is 22.2 Å². The van der Waals surface area contributed by atoms with Gasteiger partial charge in [-0.25, -0.2) is 0 Å². The topological polar surface area (TPSA) is 94.7 Å². The highest BCUT2D eigenvalue weighted by atomic mass is 16.5. The van der Waals surface area contributed by atoms with Crippen molar-refractivity contribution in [2.24, 2.45) is 0 Å². The van der Waals surface area contributed by atoms with Gasteiger partial charge < -0.3 is 20.1 Å². The lowest BCUT2D eigenvalue weighted by Gasteiger charge is -2.41. The molecule has 152 valence electrons. The fourth-order valence-electron chi connectivity index (χ4n) is 4.23. The summed E-state index contributed by atoms with van der Waals surface area (Å²) in [5.74, 6) is -0.920. The molecule has 0 aliphatic carbocycles. The van der Waals surface area contributed by atoms with Gasteiger partial charge in [-0.05, 0) is 18.6 Å². The number of aromatic nitrogens is 1. The Morgan fingerprint density at radius 2 is 2.07 bits per heavy atom. The Kier molecular flexibility index (Phi) is 4.40. The van der Waals surface area contributed by atoms with Crippen molar-refractivity contribution < 1.29 is 19.4 Å². The number of nitrogens with zero attached hydrogens (tertiary/aromatic N) is 1. The highest BCUT2D eigenvalue weighted by molar-refractivity contribution is 6.10. The van der Waals surface area contributed by atoms with Crippen LogP contribution in [0.2, 0.25) is 0 Å². The largest absolute Gasteiger partial charge is 0.387 e. The summed E-state index contributed by atoms with van der Waals surface area (Å²) in [6.45, 7) is 8.24. The molecule has 2 amide bonds. The van der Waals surface area contributed by atoms with Crippen LogP contribution in [0.25, 0.3) is 17.0 Å². The minimum Gasteiger partial charge on any atom is -0.387 e. The molecule has 4 rings (SSSR count). The van der Waals surface area contributed by atoms with Crippen LogP contribution < -0.4 is 5.32 Å². The minimum absolute atomic E-state index is 0.155. The van der Waals surface area contributed by atoms with Crippen molar-refractivity contribution in [3.8, 4) is 0 Å². The van der Waals surface area contributed by atoms with Gasteiger partial charge in [0.05, 0.1) is 0 Å². The number of aromatic amines is 1. The zero-order chi connectivity index (χ0) is 21.0. The number of aliphatic hydroxyl groups excluding tert-OH is 1. The fourth-order valence-corrected chi connectivity index (χ4v) is 4.23. The van der Waals surface area contributed by atoms with E-state index in [0.29, 0.717) is 0 Å². The number of carbonyl (C=O) groups is 2. The second-order valence-corrected chi connectivity index (χ2v) is 8.06. The predicted molar refractivity (Wildman–Crippen MR) is 110 cm³/mol. The van der Waals surface area contributed by atoms with Crippen molar-refractivity contribution in [3.63, 3.8) is 0 Å². The van der Waals surface area contributed by atoms with E-state index in [2.05, 4.69) is 16.9 Å². The lowest BCUT2D eigenvalue weighted by molar-refractivity contribution is -0.193. The summed E-state index contributed by atoms with van der Waals surface area (Å²) >= 11 is 0. The van der Waals surface area contributed by atoms with Crippen molar-refractivity contribution in [1.29, 1.82) is 0 Å². The van der Waals surface area contributed by atoms with E-state index >= 15 is 0 Å². The van der Waals surface area contributed by atoms with Gasteiger partial charge in [0, 0.05) is 41.2 Å². The van der Waals surface area contributed by atoms with Crippen LogP contribution in [0.4, 0.5) is 0 Å². The maximum Gasteiger partial charge on any atom is 0.280 e. The second kappa shape index (κ2) is 6.57. The number of ether oxygens (including phenoxy) is 1. The van der Waals surface area contributed by atoms with Crippen molar-refractivity contribution in [2.75, 3.05) is 13.7 Å². The van der Waals surface area contributed by atoms with Gasteiger partial charge in [0.15, 0.2) is 0 Å². The molecule has 2 unspecified atom stereocenters. The van der Waals surface area contributed by atoms with Gasteiger partial charge in [-0.15, -0.1) is 6.58 Å². The highest BCUT2D eigenvalue weighted by Gasteiger charge is 2.60. The molecule has 7 nitrogen and oxygen atoms in total. The van der Waals surface area contributed by atoms with Crippen LogP contribution in [0.1, 0.15) is 31.5 Å². The van der Waals surface area contributed by atoms with Crippen molar-refractivity contribution in [1.82, 2.24) is 15.2 Å². The summed E-state index contributed by atoms with van der Waals surface area (Å²) in [5.41, 5.74) is 0.752. The Morgan fingerprint density at radius 3 is 2.76 bits per heavy atom. The Labute approximate surface area is 169 Å². The normalized spacial score (nSPS) is 26.1. The molecule has 2 saturated heterocycles. The molecule has 2 aliphatic rings. The number of hydrogen-bond donors (Lipinski definition) is 3. The third-order valence-corrected chi connectivity index (χ3v) is 6.03. The van der Waals surface area contributed by atoms with E-state index in [-0.39, 0.29) is 30.0 Å². The summed E-state index contributed by atoms with van der Waals surface area (Å²) < 4.78 is 5.34.